The van der Waals surface area contributed by atoms with Crippen molar-refractivity contribution in [2.75, 3.05) is 6.61 Å². The van der Waals surface area contributed by atoms with Crippen LogP contribution in [-0.2, 0) is 16.1 Å². The lowest BCUT2D eigenvalue weighted by Gasteiger charge is -2.31. The van der Waals surface area contributed by atoms with E-state index in [0.717, 1.165) is 6.42 Å². The number of hydrogen-bond donors (Lipinski definition) is 1. The molecule has 2 aromatic carbocycles. The first-order valence-electron chi connectivity index (χ1n) is 10.2. The van der Waals surface area contributed by atoms with Gasteiger partial charge in [-0.2, -0.15) is 0 Å². The number of carbonyl (C=O) groups is 2. The van der Waals surface area contributed by atoms with Crippen molar-refractivity contribution >= 4 is 35.0 Å². The Labute approximate surface area is 192 Å². The highest BCUT2D eigenvalue weighted by atomic mass is 35.5. The average Bonchev–Trinajstić information content (AvgIpc) is 2.74. The van der Waals surface area contributed by atoms with Crippen molar-refractivity contribution in [2.45, 2.75) is 52.2 Å². The minimum Gasteiger partial charge on any atom is -0.481 e. The number of ether oxygens (including phenoxy) is 1. The van der Waals surface area contributed by atoms with Gasteiger partial charge >= 0.3 is 0 Å². The first kappa shape index (κ1) is 25.0. The lowest BCUT2D eigenvalue weighted by molar-refractivity contribution is -0.143. The number of benzene rings is 2. The van der Waals surface area contributed by atoms with Gasteiger partial charge in [0.25, 0.3) is 5.91 Å². The van der Waals surface area contributed by atoms with Crippen LogP contribution in [0.25, 0.3) is 0 Å². The van der Waals surface area contributed by atoms with Crippen LogP contribution >= 0.6 is 23.2 Å². The zero-order chi connectivity index (χ0) is 23.0. The average molecular weight is 469 g/mol. The van der Waals surface area contributed by atoms with E-state index in [1.165, 1.54) is 23.1 Å². The Balaban J connectivity index is 2.27. The molecule has 0 fully saturated rings. The molecule has 0 heterocycles. The fourth-order valence-electron chi connectivity index (χ4n) is 2.98. The zero-order valence-electron chi connectivity index (χ0n) is 17.8. The third-order valence-corrected chi connectivity index (χ3v) is 5.52. The second-order valence-electron chi connectivity index (χ2n) is 7.22. The number of para-hydroxylation sites is 1. The Morgan fingerprint density at radius 3 is 2.45 bits per heavy atom. The maximum Gasteiger partial charge on any atom is 0.261 e. The fourth-order valence-corrected chi connectivity index (χ4v) is 3.45. The second-order valence-corrected chi connectivity index (χ2v) is 8.06. The molecule has 8 heteroatoms. The minimum atomic E-state index is -0.738. The lowest BCUT2D eigenvalue weighted by atomic mass is 10.1. The second kappa shape index (κ2) is 11.9. The maximum atomic E-state index is 13.9. The number of halogens is 3. The van der Waals surface area contributed by atoms with Crippen molar-refractivity contribution in [3.63, 3.8) is 0 Å². The molecule has 0 aromatic heterocycles. The van der Waals surface area contributed by atoms with Crippen LogP contribution in [0.15, 0.2) is 42.5 Å². The molecule has 0 aliphatic rings. The first-order chi connectivity index (χ1) is 14.8. The summed E-state index contributed by atoms with van der Waals surface area (Å²) in [6, 6.07) is 10.0. The maximum absolute atomic E-state index is 13.9. The summed E-state index contributed by atoms with van der Waals surface area (Å²) in [5.41, 5.74) is 0.639. The van der Waals surface area contributed by atoms with Gasteiger partial charge in [-0.05, 0) is 49.6 Å². The van der Waals surface area contributed by atoms with Crippen LogP contribution in [0.5, 0.6) is 5.75 Å². The molecule has 31 heavy (non-hydrogen) atoms. The summed E-state index contributed by atoms with van der Waals surface area (Å²) < 4.78 is 19.3. The SMILES string of the molecule is CC[C@H](C(=O)N[C@@H](C)CC)N(Cc1ccc(Cl)cc1Cl)C(=O)COc1ccccc1F. The highest BCUT2D eigenvalue weighted by Crippen LogP contribution is 2.24. The normalized spacial score (nSPS) is 12.7. The third-order valence-electron chi connectivity index (χ3n) is 4.93. The monoisotopic (exact) mass is 468 g/mol. The smallest absolute Gasteiger partial charge is 0.261 e. The summed E-state index contributed by atoms with van der Waals surface area (Å²) in [7, 11) is 0. The molecule has 1 N–H and O–H groups in total. The molecule has 0 spiro atoms. The van der Waals surface area contributed by atoms with Crippen LogP contribution in [0.2, 0.25) is 10.0 Å². The van der Waals surface area contributed by atoms with Gasteiger partial charge in [0.2, 0.25) is 5.91 Å². The van der Waals surface area contributed by atoms with Gasteiger partial charge in [0.15, 0.2) is 18.2 Å². The Bertz CT molecular complexity index is 910. The molecule has 0 unspecified atom stereocenters. The van der Waals surface area contributed by atoms with Gasteiger partial charge in [0, 0.05) is 22.6 Å². The summed E-state index contributed by atoms with van der Waals surface area (Å²) >= 11 is 12.3. The van der Waals surface area contributed by atoms with Crippen molar-refractivity contribution in [3.05, 3.63) is 63.9 Å². The van der Waals surface area contributed by atoms with Crippen LogP contribution in [0.4, 0.5) is 4.39 Å². The number of nitrogens with one attached hydrogen (secondary N) is 1. The predicted molar refractivity (Wildman–Crippen MR) is 121 cm³/mol. The molecule has 0 bridgehead atoms. The van der Waals surface area contributed by atoms with E-state index in [1.54, 1.807) is 24.3 Å². The first-order valence-corrected chi connectivity index (χ1v) is 10.9. The summed E-state index contributed by atoms with van der Waals surface area (Å²) in [6.45, 7) is 5.35. The summed E-state index contributed by atoms with van der Waals surface area (Å²) in [5.74, 6) is -1.32. The Morgan fingerprint density at radius 1 is 1.13 bits per heavy atom. The van der Waals surface area contributed by atoms with Crippen LogP contribution in [-0.4, -0.2) is 35.4 Å². The van der Waals surface area contributed by atoms with E-state index in [9.17, 15) is 14.0 Å². The predicted octanol–water partition coefficient (Wildman–Crippen LogP) is 5.23. The van der Waals surface area contributed by atoms with E-state index in [0.29, 0.717) is 22.0 Å². The topological polar surface area (TPSA) is 58.6 Å². The van der Waals surface area contributed by atoms with Crippen LogP contribution in [0, 0.1) is 5.82 Å². The molecule has 0 saturated carbocycles. The molecule has 2 atom stereocenters. The van der Waals surface area contributed by atoms with E-state index >= 15 is 0 Å². The van der Waals surface area contributed by atoms with Crippen molar-refractivity contribution < 1.29 is 18.7 Å². The van der Waals surface area contributed by atoms with Gasteiger partial charge in [-0.1, -0.05) is 55.2 Å². The number of amides is 2. The Morgan fingerprint density at radius 2 is 1.84 bits per heavy atom. The molecule has 2 rings (SSSR count). The summed E-state index contributed by atoms with van der Waals surface area (Å²) in [5, 5.41) is 3.78. The van der Waals surface area contributed by atoms with E-state index in [4.69, 9.17) is 27.9 Å². The van der Waals surface area contributed by atoms with Crippen molar-refractivity contribution in [1.82, 2.24) is 10.2 Å². The number of hydrogen-bond acceptors (Lipinski definition) is 3. The highest BCUT2D eigenvalue weighted by molar-refractivity contribution is 6.35. The molecule has 0 saturated heterocycles. The molecule has 168 valence electrons. The van der Waals surface area contributed by atoms with Gasteiger partial charge < -0.3 is 15.0 Å². The highest BCUT2D eigenvalue weighted by Gasteiger charge is 2.30. The molecule has 2 amide bonds. The lowest BCUT2D eigenvalue weighted by Crippen LogP contribution is -2.51. The molecule has 0 aliphatic heterocycles. The van der Waals surface area contributed by atoms with E-state index < -0.39 is 24.4 Å². The summed E-state index contributed by atoms with van der Waals surface area (Å²) in [6.07, 6.45) is 1.15. The molecule has 0 aliphatic carbocycles. The molecule has 2 aromatic rings. The molecule has 5 nitrogen and oxygen atoms in total. The van der Waals surface area contributed by atoms with Gasteiger partial charge in [-0.3, -0.25) is 9.59 Å². The zero-order valence-corrected chi connectivity index (χ0v) is 19.3. The number of nitrogens with zero attached hydrogens (tertiary/aromatic N) is 1. The summed E-state index contributed by atoms with van der Waals surface area (Å²) in [4.78, 5) is 27.4. The van der Waals surface area contributed by atoms with Gasteiger partial charge in [0.05, 0.1) is 0 Å². The molecule has 0 radical (unpaired) electrons. The molecular formula is C23H27Cl2FN2O3. The number of carbonyl (C=O) groups excluding carboxylic acids is 2. The Kier molecular flexibility index (Phi) is 9.59. The standard InChI is InChI=1S/C23H27Cl2FN2O3/c1-4-15(3)27-23(30)20(5-2)28(13-16-10-11-17(24)12-18(16)25)22(29)14-31-21-9-7-6-8-19(21)26/h6-12,15,20H,4-5,13-14H2,1-3H3,(H,27,30)/t15-,20+/m0/s1. The van der Waals surface area contributed by atoms with Crippen LogP contribution < -0.4 is 10.1 Å². The van der Waals surface area contributed by atoms with Crippen molar-refractivity contribution in [3.8, 4) is 5.75 Å². The quantitative estimate of drug-likeness (QED) is 0.518. The molecular weight excluding hydrogens is 442 g/mol. The fraction of sp³-hybridized carbons (Fsp3) is 0.391. The largest absolute Gasteiger partial charge is 0.481 e. The van der Waals surface area contributed by atoms with Gasteiger partial charge in [0.1, 0.15) is 6.04 Å². The number of rotatable bonds is 10. The minimum absolute atomic E-state index is 0.0302. The van der Waals surface area contributed by atoms with E-state index in [1.807, 2.05) is 20.8 Å². The Hall–Kier alpha value is -2.31. The van der Waals surface area contributed by atoms with Gasteiger partial charge in [-0.25, -0.2) is 4.39 Å². The van der Waals surface area contributed by atoms with Gasteiger partial charge in [-0.15, -0.1) is 0 Å². The van der Waals surface area contributed by atoms with Crippen molar-refractivity contribution in [2.24, 2.45) is 0 Å². The van der Waals surface area contributed by atoms with E-state index in [-0.39, 0.29) is 24.2 Å². The van der Waals surface area contributed by atoms with E-state index in [2.05, 4.69) is 5.32 Å². The van der Waals surface area contributed by atoms with Crippen LogP contribution in [0.3, 0.4) is 0 Å². The third kappa shape index (κ3) is 7.11. The van der Waals surface area contributed by atoms with Crippen LogP contribution in [0.1, 0.15) is 39.2 Å². The van der Waals surface area contributed by atoms with Crippen molar-refractivity contribution in [1.29, 1.82) is 0 Å².